The van der Waals surface area contributed by atoms with Crippen LogP contribution >= 0.6 is 0 Å². The molecule has 2 heterocycles. The summed E-state index contributed by atoms with van der Waals surface area (Å²) in [6.45, 7) is 0.181. The highest BCUT2D eigenvalue weighted by atomic mass is 32.2. The topological polar surface area (TPSA) is 108 Å². The number of nitrogens with one attached hydrogen (secondary N) is 2. The van der Waals surface area contributed by atoms with Crippen molar-refractivity contribution in [3.8, 4) is 0 Å². The standard InChI is InChI=1S/C16H22N4O4S/c21-15(18-13-4-2-1-3-5-13)10-17-16(22)12-6-7-14-19-25(23,24)9-8-20(14)11-12/h6-7,11,13H,1-5,8-10H2,(H,17,22)(H,18,21). The molecule has 1 aliphatic carbocycles. The Kier molecular flexibility index (Phi) is 5.22. The molecule has 0 radical (unpaired) electrons. The first-order chi connectivity index (χ1) is 11.9. The molecule has 1 saturated carbocycles. The summed E-state index contributed by atoms with van der Waals surface area (Å²) < 4.78 is 26.6. The van der Waals surface area contributed by atoms with Gasteiger partial charge < -0.3 is 15.5 Å². The SMILES string of the molecule is O=C(CNC(=O)C1=CN2CCS(=O)(=O)N=C2C=C1)NC1CCCCC1. The summed E-state index contributed by atoms with van der Waals surface area (Å²) in [6, 6.07) is 0.209. The highest BCUT2D eigenvalue weighted by molar-refractivity contribution is 7.90. The van der Waals surface area contributed by atoms with Gasteiger partial charge in [0.25, 0.3) is 15.9 Å². The molecule has 0 unspecified atom stereocenters. The summed E-state index contributed by atoms with van der Waals surface area (Å²) in [5, 5.41) is 5.54. The number of nitrogens with zero attached hydrogens (tertiary/aromatic N) is 2. The van der Waals surface area contributed by atoms with Gasteiger partial charge in [-0.05, 0) is 25.0 Å². The molecule has 0 bridgehead atoms. The Hall–Kier alpha value is -2.16. The van der Waals surface area contributed by atoms with E-state index >= 15 is 0 Å². The molecule has 3 rings (SSSR count). The molecule has 0 spiro atoms. The normalized spacial score (nSPS) is 22.5. The lowest BCUT2D eigenvalue weighted by Crippen LogP contribution is -2.43. The van der Waals surface area contributed by atoms with E-state index in [-0.39, 0.29) is 36.7 Å². The van der Waals surface area contributed by atoms with Crippen LogP contribution in [-0.2, 0) is 19.6 Å². The Morgan fingerprint density at radius 3 is 2.72 bits per heavy atom. The van der Waals surface area contributed by atoms with Gasteiger partial charge in [-0.15, -0.1) is 4.40 Å². The molecular formula is C16H22N4O4S. The van der Waals surface area contributed by atoms with Crippen molar-refractivity contribution in [3.05, 3.63) is 23.9 Å². The molecule has 0 saturated heterocycles. The van der Waals surface area contributed by atoms with E-state index in [9.17, 15) is 18.0 Å². The van der Waals surface area contributed by atoms with E-state index in [1.165, 1.54) is 18.6 Å². The zero-order valence-electron chi connectivity index (χ0n) is 13.9. The Bertz CT molecular complexity index is 748. The van der Waals surface area contributed by atoms with Gasteiger partial charge in [-0.3, -0.25) is 9.59 Å². The number of rotatable bonds is 4. The van der Waals surface area contributed by atoms with Gasteiger partial charge in [-0.2, -0.15) is 0 Å². The molecule has 3 aliphatic rings. The summed E-state index contributed by atoms with van der Waals surface area (Å²) in [7, 11) is -3.41. The predicted molar refractivity (Wildman–Crippen MR) is 93.2 cm³/mol. The van der Waals surface area contributed by atoms with Crippen molar-refractivity contribution in [1.82, 2.24) is 15.5 Å². The number of fused-ring (bicyclic) bond motifs is 1. The van der Waals surface area contributed by atoms with Crippen molar-refractivity contribution in [2.75, 3.05) is 18.8 Å². The van der Waals surface area contributed by atoms with Crippen molar-refractivity contribution in [1.29, 1.82) is 0 Å². The Morgan fingerprint density at radius 2 is 1.96 bits per heavy atom. The third-order valence-corrected chi connectivity index (χ3v) is 5.63. The second kappa shape index (κ2) is 7.38. The van der Waals surface area contributed by atoms with Crippen LogP contribution in [-0.4, -0.2) is 55.9 Å². The van der Waals surface area contributed by atoms with Gasteiger partial charge in [0.1, 0.15) is 5.84 Å². The van der Waals surface area contributed by atoms with Crippen molar-refractivity contribution in [2.24, 2.45) is 4.40 Å². The lowest BCUT2D eigenvalue weighted by molar-refractivity contribution is -0.124. The van der Waals surface area contributed by atoms with Crippen molar-refractivity contribution in [2.45, 2.75) is 38.1 Å². The Balaban J connectivity index is 1.51. The highest BCUT2D eigenvalue weighted by Crippen LogP contribution is 2.17. The number of carbonyl (C=O) groups excluding carboxylic acids is 2. The third kappa shape index (κ3) is 4.68. The number of hydrogen-bond acceptors (Lipinski definition) is 5. The first kappa shape index (κ1) is 17.7. The van der Waals surface area contributed by atoms with Crippen LogP contribution in [0.5, 0.6) is 0 Å². The molecule has 1 fully saturated rings. The van der Waals surface area contributed by atoms with E-state index in [0.717, 1.165) is 25.7 Å². The molecule has 2 N–H and O–H groups in total. The zero-order chi connectivity index (χ0) is 17.9. The van der Waals surface area contributed by atoms with Crippen LogP contribution in [0, 0.1) is 0 Å². The van der Waals surface area contributed by atoms with Crippen LogP contribution < -0.4 is 10.6 Å². The van der Waals surface area contributed by atoms with E-state index < -0.39 is 10.0 Å². The van der Waals surface area contributed by atoms with Crippen molar-refractivity contribution < 1.29 is 18.0 Å². The van der Waals surface area contributed by atoms with Crippen LogP contribution in [0.4, 0.5) is 0 Å². The summed E-state index contributed by atoms with van der Waals surface area (Å²) in [6.07, 6.45) is 10.0. The molecule has 8 nitrogen and oxygen atoms in total. The van der Waals surface area contributed by atoms with Crippen molar-refractivity contribution in [3.63, 3.8) is 0 Å². The van der Waals surface area contributed by atoms with Crippen LogP contribution in [0.1, 0.15) is 32.1 Å². The average Bonchev–Trinajstić information content (AvgIpc) is 2.59. The van der Waals surface area contributed by atoms with E-state index in [4.69, 9.17) is 0 Å². The molecule has 2 aliphatic heterocycles. The maximum Gasteiger partial charge on any atom is 0.256 e. The minimum atomic E-state index is -3.41. The van der Waals surface area contributed by atoms with Gasteiger partial charge >= 0.3 is 0 Å². The Morgan fingerprint density at radius 1 is 1.20 bits per heavy atom. The van der Waals surface area contributed by atoms with Gasteiger partial charge in [0.15, 0.2) is 0 Å². The number of amides is 2. The Labute approximate surface area is 147 Å². The second-order valence-corrected chi connectivity index (χ2v) is 8.19. The zero-order valence-corrected chi connectivity index (χ0v) is 14.7. The van der Waals surface area contributed by atoms with E-state index in [1.54, 1.807) is 11.1 Å². The monoisotopic (exact) mass is 366 g/mol. The molecule has 136 valence electrons. The summed E-state index contributed by atoms with van der Waals surface area (Å²) in [4.78, 5) is 25.8. The highest BCUT2D eigenvalue weighted by Gasteiger charge is 2.25. The summed E-state index contributed by atoms with van der Waals surface area (Å²) in [5.74, 6) is -0.341. The molecule has 9 heteroatoms. The first-order valence-electron chi connectivity index (χ1n) is 8.50. The lowest BCUT2D eigenvalue weighted by atomic mass is 9.95. The fraction of sp³-hybridized carbons (Fsp3) is 0.562. The fourth-order valence-corrected chi connectivity index (χ4v) is 4.09. The molecule has 0 atom stereocenters. The van der Waals surface area contributed by atoms with Crippen LogP contribution in [0.2, 0.25) is 0 Å². The maximum atomic E-state index is 12.2. The maximum absolute atomic E-state index is 12.2. The predicted octanol–water partition coefficient (Wildman–Crippen LogP) is 0.0491. The van der Waals surface area contributed by atoms with Crippen LogP contribution in [0.15, 0.2) is 28.3 Å². The second-order valence-electron chi connectivity index (χ2n) is 6.43. The number of hydrogen-bond donors (Lipinski definition) is 2. The van der Waals surface area contributed by atoms with Gasteiger partial charge in [0, 0.05) is 18.8 Å². The fourth-order valence-electron chi connectivity index (χ4n) is 3.12. The average molecular weight is 366 g/mol. The number of carbonyl (C=O) groups is 2. The van der Waals surface area contributed by atoms with Gasteiger partial charge in [0.05, 0.1) is 17.9 Å². The first-order valence-corrected chi connectivity index (χ1v) is 10.1. The summed E-state index contributed by atoms with van der Waals surface area (Å²) >= 11 is 0. The van der Waals surface area contributed by atoms with E-state index in [1.807, 2.05) is 0 Å². The molecule has 2 amide bonds. The molecule has 0 aromatic rings. The van der Waals surface area contributed by atoms with Crippen molar-refractivity contribution >= 4 is 27.7 Å². The minimum absolute atomic E-state index is 0.0736. The van der Waals surface area contributed by atoms with Gasteiger partial charge in [0.2, 0.25) is 5.91 Å². The largest absolute Gasteiger partial charge is 0.352 e. The number of amidine groups is 1. The molecule has 0 aromatic heterocycles. The molecule has 25 heavy (non-hydrogen) atoms. The third-order valence-electron chi connectivity index (χ3n) is 4.47. The smallest absolute Gasteiger partial charge is 0.256 e. The molecule has 0 aromatic carbocycles. The molecular weight excluding hydrogens is 344 g/mol. The van der Waals surface area contributed by atoms with Crippen LogP contribution in [0.25, 0.3) is 0 Å². The summed E-state index contributed by atoms with van der Waals surface area (Å²) in [5.41, 5.74) is 0.365. The quantitative estimate of drug-likeness (QED) is 0.731. The van der Waals surface area contributed by atoms with E-state index in [0.29, 0.717) is 11.4 Å². The van der Waals surface area contributed by atoms with Gasteiger partial charge in [-0.25, -0.2) is 8.42 Å². The lowest BCUT2D eigenvalue weighted by Gasteiger charge is -2.27. The minimum Gasteiger partial charge on any atom is -0.352 e. The van der Waals surface area contributed by atoms with Gasteiger partial charge in [-0.1, -0.05) is 19.3 Å². The van der Waals surface area contributed by atoms with Crippen LogP contribution in [0.3, 0.4) is 0 Å². The number of sulfonamides is 1. The van der Waals surface area contributed by atoms with E-state index in [2.05, 4.69) is 15.0 Å².